The van der Waals surface area contributed by atoms with Crippen molar-refractivity contribution in [2.24, 2.45) is 0 Å². The number of amides is 1. The highest BCUT2D eigenvalue weighted by Gasteiger charge is 2.14. The van der Waals surface area contributed by atoms with Gasteiger partial charge in [0.2, 0.25) is 0 Å². The molecule has 134 valence electrons. The number of anilines is 1. The van der Waals surface area contributed by atoms with Crippen LogP contribution in [0.1, 0.15) is 48.5 Å². The number of carbonyl (C=O) groups excluding carboxylic acids is 1. The number of rotatable bonds is 7. The lowest BCUT2D eigenvalue weighted by atomic mass is 10.0. The zero-order chi connectivity index (χ0) is 18.4. The molecule has 2 aromatic carbocycles. The summed E-state index contributed by atoms with van der Waals surface area (Å²) in [5.74, 6) is -5.45. The Morgan fingerprint density at radius 2 is 1.60 bits per heavy atom. The zero-order valence-electron chi connectivity index (χ0n) is 13.8. The van der Waals surface area contributed by atoms with Crippen LogP contribution in [0.2, 0.25) is 0 Å². The van der Waals surface area contributed by atoms with E-state index in [0.29, 0.717) is 24.1 Å². The highest BCUT2D eigenvalue weighted by molar-refractivity contribution is 6.04. The van der Waals surface area contributed by atoms with Gasteiger partial charge in [0.05, 0.1) is 0 Å². The Morgan fingerprint density at radius 1 is 0.920 bits per heavy atom. The fraction of sp³-hybridized carbons (Fsp3) is 0.316. The molecule has 2 aromatic rings. The molecule has 0 unspecified atom stereocenters. The van der Waals surface area contributed by atoms with Crippen molar-refractivity contribution < 1.29 is 22.4 Å². The maximum Gasteiger partial charge on any atom is 0.255 e. The largest absolute Gasteiger partial charge is 0.322 e. The van der Waals surface area contributed by atoms with Crippen molar-refractivity contribution >= 4 is 11.6 Å². The molecule has 0 aliphatic heterocycles. The number of halogens is 4. The van der Waals surface area contributed by atoms with E-state index >= 15 is 0 Å². The Bertz CT molecular complexity index is 738. The summed E-state index contributed by atoms with van der Waals surface area (Å²) in [5, 5.41) is 2.28. The van der Waals surface area contributed by atoms with Crippen molar-refractivity contribution in [2.75, 3.05) is 5.32 Å². The first-order valence-electron chi connectivity index (χ1n) is 8.16. The smallest absolute Gasteiger partial charge is 0.255 e. The first-order valence-corrected chi connectivity index (χ1v) is 8.16. The first kappa shape index (κ1) is 19.0. The second-order valence-electron chi connectivity index (χ2n) is 5.82. The number of unbranched alkanes of at least 4 members (excludes halogenated alkanes) is 3. The third kappa shape index (κ3) is 5.05. The van der Waals surface area contributed by atoms with E-state index in [4.69, 9.17) is 0 Å². The summed E-state index contributed by atoms with van der Waals surface area (Å²) in [4.78, 5) is 12.2. The average Bonchev–Trinajstić information content (AvgIpc) is 2.57. The van der Waals surface area contributed by atoms with Crippen molar-refractivity contribution in [2.45, 2.75) is 39.0 Å². The van der Waals surface area contributed by atoms with E-state index in [9.17, 15) is 22.4 Å². The van der Waals surface area contributed by atoms with Gasteiger partial charge in [0.15, 0.2) is 17.5 Å². The Kier molecular flexibility index (Phi) is 6.56. The predicted molar refractivity (Wildman–Crippen MR) is 88.5 cm³/mol. The number of nitrogens with one attached hydrogen (secondary N) is 1. The van der Waals surface area contributed by atoms with Crippen LogP contribution >= 0.6 is 0 Å². The minimum absolute atomic E-state index is 0.164. The fourth-order valence-corrected chi connectivity index (χ4v) is 2.48. The summed E-state index contributed by atoms with van der Waals surface area (Å²) >= 11 is 0. The molecule has 0 aliphatic carbocycles. The van der Waals surface area contributed by atoms with E-state index in [1.165, 1.54) is 18.2 Å². The summed E-state index contributed by atoms with van der Waals surface area (Å²) in [7, 11) is 0. The van der Waals surface area contributed by atoms with Gasteiger partial charge in [0.1, 0.15) is 5.82 Å². The van der Waals surface area contributed by atoms with Crippen LogP contribution in [0.25, 0.3) is 0 Å². The van der Waals surface area contributed by atoms with Gasteiger partial charge in [-0.1, -0.05) is 26.2 Å². The van der Waals surface area contributed by atoms with E-state index in [1.54, 1.807) is 0 Å². The number of benzene rings is 2. The van der Waals surface area contributed by atoms with Gasteiger partial charge in [-0.2, -0.15) is 0 Å². The summed E-state index contributed by atoms with van der Waals surface area (Å²) < 4.78 is 53.2. The van der Waals surface area contributed by atoms with Crippen molar-refractivity contribution in [3.8, 4) is 0 Å². The van der Waals surface area contributed by atoms with Gasteiger partial charge in [-0.25, -0.2) is 17.6 Å². The SMILES string of the molecule is CCCCCCc1cc(C(=O)Nc2cc(F)c(F)c(F)c2)ccc1F. The molecule has 6 heteroatoms. The van der Waals surface area contributed by atoms with Crippen LogP contribution in [-0.2, 0) is 6.42 Å². The molecule has 2 rings (SSSR count). The lowest BCUT2D eigenvalue weighted by Crippen LogP contribution is -2.13. The standard InChI is InChI=1S/C19H19F4NO/c1-2-3-4-5-6-12-9-13(7-8-15(12)20)19(25)24-14-10-16(21)18(23)17(22)11-14/h7-11H,2-6H2,1H3,(H,24,25). The zero-order valence-corrected chi connectivity index (χ0v) is 13.8. The molecule has 25 heavy (non-hydrogen) atoms. The van der Waals surface area contributed by atoms with Crippen LogP contribution in [0.3, 0.4) is 0 Å². The molecule has 0 spiro atoms. The summed E-state index contributed by atoms with van der Waals surface area (Å²) in [5.41, 5.74) is 0.368. The van der Waals surface area contributed by atoms with Crippen molar-refractivity contribution in [1.29, 1.82) is 0 Å². The normalized spacial score (nSPS) is 10.8. The Hall–Kier alpha value is -2.37. The molecule has 0 bridgehead atoms. The van der Waals surface area contributed by atoms with E-state index in [1.807, 2.05) is 0 Å². The topological polar surface area (TPSA) is 29.1 Å². The van der Waals surface area contributed by atoms with Gasteiger partial charge in [0, 0.05) is 23.4 Å². The molecule has 1 N–H and O–H groups in total. The maximum absolute atomic E-state index is 13.8. The van der Waals surface area contributed by atoms with E-state index in [0.717, 1.165) is 25.7 Å². The van der Waals surface area contributed by atoms with Crippen molar-refractivity contribution in [1.82, 2.24) is 0 Å². The highest BCUT2D eigenvalue weighted by atomic mass is 19.2. The lowest BCUT2D eigenvalue weighted by molar-refractivity contribution is 0.102. The number of carbonyl (C=O) groups is 1. The van der Waals surface area contributed by atoms with Gasteiger partial charge < -0.3 is 5.32 Å². The van der Waals surface area contributed by atoms with Gasteiger partial charge in [-0.05, 0) is 36.6 Å². The average molecular weight is 353 g/mol. The van der Waals surface area contributed by atoms with Gasteiger partial charge in [-0.15, -0.1) is 0 Å². The Morgan fingerprint density at radius 3 is 2.24 bits per heavy atom. The molecular formula is C19H19F4NO. The molecule has 2 nitrogen and oxygen atoms in total. The van der Waals surface area contributed by atoms with E-state index in [-0.39, 0.29) is 11.3 Å². The maximum atomic E-state index is 13.8. The third-order valence-corrected chi connectivity index (χ3v) is 3.85. The monoisotopic (exact) mass is 353 g/mol. The van der Waals surface area contributed by atoms with E-state index in [2.05, 4.69) is 12.2 Å². The molecule has 1 amide bonds. The van der Waals surface area contributed by atoms with Crippen molar-refractivity contribution in [3.63, 3.8) is 0 Å². The third-order valence-electron chi connectivity index (χ3n) is 3.85. The minimum Gasteiger partial charge on any atom is -0.322 e. The van der Waals surface area contributed by atoms with Crippen LogP contribution in [0.15, 0.2) is 30.3 Å². The van der Waals surface area contributed by atoms with Gasteiger partial charge in [0.25, 0.3) is 5.91 Å². The molecule has 0 saturated heterocycles. The molecule has 0 fully saturated rings. The number of hydrogen-bond donors (Lipinski definition) is 1. The molecule has 0 radical (unpaired) electrons. The van der Waals surface area contributed by atoms with Gasteiger partial charge in [-0.3, -0.25) is 4.79 Å². The molecule has 0 heterocycles. The van der Waals surface area contributed by atoms with Crippen LogP contribution in [-0.4, -0.2) is 5.91 Å². The molecule has 0 atom stereocenters. The summed E-state index contributed by atoms with van der Waals surface area (Å²) in [6.07, 6.45) is 4.41. The minimum atomic E-state index is -1.60. The van der Waals surface area contributed by atoms with Crippen LogP contribution in [0.4, 0.5) is 23.2 Å². The summed E-state index contributed by atoms with van der Waals surface area (Å²) in [6.45, 7) is 2.08. The summed E-state index contributed by atoms with van der Waals surface area (Å²) in [6, 6.07) is 5.27. The highest BCUT2D eigenvalue weighted by Crippen LogP contribution is 2.19. The lowest BCUT2D eigenvalue weighted by Gasteiger charge is -2.09. The second kappa shape index (κ2) is 8.65. The van der Waals surface area contributed by atoms with Crippen LogP contribution < -0.4 is 5.32 Å². The molecule has 0 saturated carbocycles. The predicted octanol–water partition coefficient (Wildman–Crippen LogP) is 5.62. The quantitative estimate of drug-likeness (QED) is 0.391. The molecular weight excluding hydrogens is 334 g/mol. The van der Waals surface area contributed by atoms with Crippen LogP contribution in [0.5, 0.6) is 0 Å². The second-order valence-corrected chi connectivity index (χ2v) is 5.82. The Labute approximate surface area is 143 Å². The van der Waals surface area contributed by atoms with Crippen LogP contribution in [0, 0.1) is 23.3 Å². The fourth-order valence-electron chi connectivity index (χ4n) is 2.48. The number of hydrogen-bond acceptors (Lipinski definition) is 1. The van der Waals surface area contributed by atoms with Crippen molar-refractivity contribution in [3.05, 3.63) is 64.7 Å². The van der Waals surface area contributed by atoms with Gasteiger partial charge >= 0.3 is 0 Å². The van der Waals surface area contributed by atoms with E-state index < -0.39 is 29.2 Å². The first-order chi connectivity index (χ1) is 11.9. The molecule has 0 aromatic heterocycles. The molecule has 0 aliphatic rings. The number of aryl methyl sites for hydroxylation is 1. The Balaban J connectivity index is 2.11.